The smallest absolute Gasteiger partial charge is 0.239 e. The number of carbonyl (C=O) groups excluding carboxylic acids is 1. The predicted octanol–water partition coefficient (Wildman–Crippen LogP) is -1.88. The standard InChI is InChI=1S/C6H12N2O3S/c1-7-6(9)5-4-8-2-3-12(5,10)11/h5,8H,2-4H2,1H3,(H,7,9). The normalized spacial score (nSPS) is 27.9. The van der Waals surface area contributed by atoms with Gasteiger partial charge >= 0.3 is 0 Å². The van der Waals surface area contributed by atoms with Crippen LogP contribution in [0.4, 0.5) is 0 Å². The molecule has 0 aromatic heterocycles. The zero-order valence-electron chi connectivity index (χ0n) is 6.83. The summed E-state index contributed by atoms with van der Waals surface area (Å²) >= 11 is 0. The van der Waals surface area contributed by atoms with Crippen molar-refractivity contribution < 1.29 is 13.2 Å². The molecular formula is C6H12N2O3S. The summed E-state index contributed by atoms with van der Waals surface area (Å²) in [7, 11) is -1.77. The zero-order chi connectivity index (χ0) is 9.19. The molecule has 1 fully saturated rings. The van der Waals surface area contributed by atoms with Gasteiger partial charge in [0.15, 0.2) is 15.1 Å². The van der Waals surface area contributed by atoms with E-state index < -0.39 is 21.0 Å². The van der Waals surface area contributed by atoms with Crippen LogP contribution in [0.15, 0.2) is 0 Å². The van der Waals surface area contributed by atoms with Gasteiger partial charge in [-0.15, -0.1) is 0 Å². The first-order valence-corrected chi connectivity index (χ1v) is 5.43. The third-order valence-corrected chi connectivity index (χ3v) is 3.89. The van der Waals surface area contributed by atoms with E-state index in [9.17, 15) is 13.2 Å². The molecule has 0 radical (unpaired) electrons. The fraction of sp³-hybridized carbons (Fsp3) is 0.833. The maximum Gasteiger partial charge on any atom is 0.239 e. The van der Waals surface area contributed by atoms with E-state index in [0.717, 1.165) is 0 Å². The molecule has 1 amide bonds. The minimum absolute atomic E-state index is 0.0467. The molecule has 1 saturated heterocycles. The lowest BCUT2D eigenvalue weighted by Crippen LogP contribution is -2.51. The Labute approximate surface area is 71.4 Å². The van der Waals surface area contributed by atoms with E-state index >= 15 is 0 Å². The SMILES string of the molecule is CNC(=O)C1CNCCS1(=O)=O. The summed E-state index contributed by atoms with van der Waals surface area (Å²) in [6, 6.07) is 0. The first-order valence-electron chi connectivity index (χ1n) is 3.72. The lowest BCUT2D eigenvalue weighted by Gasteiger charge is -2.21. The van der Waals surface area contributed by atoms with Gasteiger partial charge in [0, 0.05) is 20.1 Å². The van der Waals surface area contributed by atoms with Crippen molar-refractivity contribution in [3.8, 4) is 0 Å². The molecule has 70 valence electrons. The topological polar surface area (TPSA) is 75.3 Å². The first-order chi connectivity index (χ1) is 5.58. The molecule has 1 heterocycles. The summed E-state index contributed by atoms with van der Waals surface area (Å²) in [4.78, 5) is 11.1. The molecule has 1 rings (SSSR count). The highest BCUT2D eigenvalue weighted by molar-refractivity contribution is 7.92. The van der Waals surface area contributed by atoms with Crippen LogP contribution in [0.2, 0.25) is 0 Å². The molecule has 0 saturated carbocycles. The Kier molecular flexibility index (Phi) is 2.69. The van der Waals surface area contributed by atoms with Crippen LogP contribution in [0, 0.1) is 0 Å². The molecule has 1 aliphatic rings. The molecule has 0 bridgehead atoms. The van der Waals surface area contributed by atoms with Crippen LogP contribution in [0.25, 0.3) is 0 Å². The summed E-state index contributed by atoms with van der Waals surface area (Å²) in [6.45, 7) is 0.665. The van der Waals surface area contributed by atoms with Gasteiger partial charge in [-0.2, -0.15) is 0 Å². The maximum absolute atomic E-state index is 11.3. The molecule has 12 heavy (non-hydrogen) atoms. The van der Waals surface area contributed by atoms with Crippen LogP contribution in [0.3, 0.4) is 0 Å². The highest BCUT2D eigenvalue weighted by Crippen LogP contribution is 2.05. The van der Waals surface area contributed by atoms with E-state index in [1.54, 1.807) is 0 Å². The average Bonchev–Trinajstić information content (AvgIpc) is 2.02. The van der Waals surface area contributed by atoms with E-state index in [0.29, 0.717) is 6.54 Å². The van der Waals surface area contributed by atoms with E-state index in [1.165, 1.54) is 7.05 Å². The van der Waals surface area contributed by atoms with Gasteiger partial charge in [0.1, 0.15) is 0 Å². The molecule has 2 N–H and O–H groups in total. The predicted molar refractivity (Wildman–Crippen MR) is 44.5 cm³/mol. The lowest BCUT2D eigenvalue weighted by atomic mass is 10.4. The molecule has 1 aliphatic heterocycles. The van der Waals surface area contributed by atoms with Crippen molar-refractivity contribution in [1.82, 2.24) is 10.6 Å². The Hall–Kier alpha value is -0.620. The van der Waals surface area contributed by atoms with E-state index in [4.69, 9.17) is 0 Å². The molecule has 0 aliphatic carbocycles. The second kappa shape index (κ2) is 3.40. The fourth-order valence-corrected chi connectivity index (χ4v) is 2.66. The minimum atomic E-state index is -3.21. The third kappa shape index (κ3) is 1.75. The van der Waals surface area contributed by atoms with Gasteiger partial charge in [0.05, 0.1) is 5.75 Å². The highest BCUT2D eigenvalue weighted by atomic mass is 32.2. The van der Waals surface area contributed by atoms with Crippen LogP contribution in [-0.4, -0.2) is 45.5 Å². The Balaban J connectivity index is 2.80. The number of rotatable bonds is 1. The van der Waals surface area contributed by atoms with Gasteiger partial charge in [-0.05, 0) is 0 Å². The van der Waals surface area contributed by atoms with Crippen LogP contribution < -0.4 is 10.6 Å². The van der Waals surface area contributed by atoms with Gasteiger partial charge in [-0.25, -0.2) is 8.42 Å². The van der Waals surface area contributed by atoms with Crippen molar-refractivity contribution >= 4 is 15.7 Å². The minimum Gasteiger partial charge on any atom is -0.358 e. The summed E-state index contributed by atoms with van der Waals surface area (Å²) < 4.78 is 22.6. The quantitative estimate of drug-likeness (QED) is 0.510. The van der Waals surface area contributed by atoms with Crippen molar-refractivity contribution in [3.05, 3.63) is 0 Å². The summed E-state index contributed by atoms with van der Waals surface area (Å²) in [5, 5.41) is 4.29. The van der Waals surface area contributed by atoms with E-state index in [1.807, 2.05) is 0 Å². The first kappa shape index (κ1) is 9.47. The Morgan fingerprint density at radius 1 is 1.58 bits per heavy atom. The third-order valence-electron chi connectivity index (χ3n) is 1.87. The van der Waals surface area contributed by atoms with Crippen LogP contribution in [0.5, 0.6) is 0 Å². The number of hydrogen-bond acceptors (Lipinski definition) is 4. The van der Waals surface area contributed by atoms with Gasteiger partial charge in [-0.1, -0.05) is 0 Å². The van der Waals surface area contributed by atoms with Gasteiger partial charge in [0.25, 0.3) is 0 Å². The van der Waals surface area contributed by atoms with Crippen LogP contribution >= 0.6 is 0 Å². The fourth-order valence-electron chi connectivity index (χ4n) is 1.13. The number of amides is 1. The second-order valence-corrected chi connectivity index (χ2v) is 4.98. The van der Waals surface area contributed by atoms with Crippen LogP contribution in [-0.2, 0) is 14.6 Å². The largest absolute Gasteiger partial charge is 0.358 e. The van der Waals surface area contributed by atoms with Crippen molar-refractivity contribution in [2.24, 2.45) is 0 Å². The molecule has 5 nitrogen and oxygen atoms in total. The molecule has 0 aromatic carbocycles. The molecule has 0 aromatic rings. The highest BCUT2D eigenvalue weighted by Gasteiger charge is 2.33. The average molecular weight is 192 g/mol. The molecule has 1 unspecified atom stereocenters. The zero-order valence-corrected chi connectivity index (χ0v) is 7.65. The lowest BCUT2D eigenvalue weighted by molar-refractivity contribution is -0.120. The van der Waals surface area contributed by atoms with Gasteiger partial charge in [0.2, 0.25) is 5.91 Å². The maximum atomic E-state index is 11.3. The second-order valence-electron chi connectivity index (χ2n) is 2.67. The number of sulfone groups is 1. The monoisotopic (exact) mass is 192 g/mol. The van der Waals surface area contributed by atoms with Gasteiger partial charge in [-0.3, -0.25) is 4.79 Å². The number of hydrogen-bond donors (Lipinski definition) is 2. The summed E-state index contributed by atoms with van der Waals surface area (Å²) in [5.74, 6) is -0.382. The molecule has 6 heteroatoms. The van der Waals surface area contributed by atoms with Crippen molar-refractivity contribution in [1.29, 1.82) is 0 Å². The van der Waals surface area contributed by atoms with E-state index in [-0.39, 0.29) is 12.3 Å². The van der Waals surface area contributed by atoms with Crippen molar-refractivity contribution in [2.45, 2.75) is 5.25 Å². The Morgan fingerprint density at radius 2 is 2.25 bits per heavy atom. The van der Waals surface area contributed by atoms with E-state index in [2.05, 4.69) is 10.6 Å². The Morgan fingerprint density at radius 3 is 2.75 bits per heavy atom. The number of nitrogens with one attached hydrogen (secondary N) is 2. The molecule has 1 atom stereocenters. The molecule has 0 spiro atoms. The molecular weight excluding hydrogens is 180 g/mol. The summed E-state index contributed by atoms with van der Waals surface area (Å²) in [5.41, 5.74) is 0. The number of carbonyl (C=O) groups is 1. The Bertz CT molecular complexity index is 273. The van der Waals surface area contributed by atoms with Gasteiger partial charge < -0.3 is 10.6 Å². The van der Waals surface area contributed by atoms with Crippen LogP contribution in [0.1, 0.15) is 0 Å². The van der Waals surface area contributed by atoms with Crippen molar-refractivity contribution in [2.75, 3.05) is 25.9 Å². The summed E-state index contributed by atoms with van der Waals surface area (Å²) in [6.07, 6.45) is 0. The van der Waals surface area contributed by atoms with Crippen molar-refractivity contribution in [3.63, 3.8) is 0 Å².